The van der Waals surface area contributed by atoms with Crippen LogP contribution in [0.1, 0.15) is 110 Å². The summed E-state index contributed by atoms with van der Waals surface area (Å²) in [5, 5.41) is 11.1. The summed E-state index contributed by atoms with van der Waals surface area (Å²) in [7, 11) is 0. The number of carbonyl (C=O) groups is 1. The zero-order valence-electron chi connectivity index (χ0n) is 15.6. The maximum Gasteiger partial charge on any atom is 0.542 e. The molecule has 0 heterocycles. The second-order valence-electron chi connectivity index (χ2n) is 6.56. The summed E-state index contributed by atoms with van der Waals surface area (Å²) in [6, 6.07) is 0. The SMILES string of the molecule is CCCCCCCCCCCCCCCCCCOC(=O)OOO. The van der Waals surface area contributed by atoms with Crippen LogP contribution < -0.4 is 0 Å². The molecular weight excluding hydrogens is 308 g/mol. The second-order valence-corrected chi connectivity index (χ2v) is 6.56. The lowest BCUT2D eigenvalue weighted by molar-refractivity contribution is -0.461. The van der Waals surface area contributed by atoms with E-state index >= 15 is 0 Å². The van der Waals surface area contributed by atoms with Crippen molar-refractivity contribution in [2.45, 2.75) is 110 Å². The lowest BCUT2D eigenvalue weighted by Gasteiger charge is -2.04. The third kappa shape index (κ3) is 19.2. The fraction of sp³-hybridized carbons (Fsp3) is 0.947. The predicted octanol–water partition coefficient (Wildman–Crippen LogP) is 6.81. The monoisotopic (exact) mass is 346 g/mol. The van der Waals surface area contributed by atoms with E-state index in [-0.39, 0.29) is 0 Å². The quantitative estimate of drug-likeness (QED) is 0.128. The molecule has 0 aromatic rings. The summed E-state index contributed by atoms with van der Waals surface area (Å²) in [6.07, 6.45) is 19.9. The largest absolute Gasteiger partial charge is 0.542 e. The van der Waals surface area contributed by atoms with E-state index in [0.29, 0.717) is 6.61 Å². The van der Waals surface area contributed by atoms with E-state index in [1.54, 1.807) is 0 Å². The Morgan fingerprint density at radius 2 is 1.04 bits per heavy atom. The number of hydrogen-bond donors (Lipinski definition) is 1. The smallest absolute Gasteiger partial charge is 0.432 e. The van der Waals surface area contributed by atoms with Crippen LogP contribution in [-0.2, 0) is 14.7 Å². The molecule has 0 rings (SSSR count). The van der Waals surface area contributed by atoms with Gasteiger partial charge in [0.05, 0.1) is 6.61 Å². The molecule has 0 radical (unpaired) electrons. The Balaban J connectivity index is 3.01. The van der Waals surface area contributed by atoms with E-state index in [1.165, 1.54) is 89.9 Å². The van der Waals surface area contributed by atoms with E-state index < -0.39 is 6.16 Å². The van der Waals surface area contributed by atoms with Crippen LogP contribution in [0, 0.1) is 0 Å². The normalized spacial score (nSPS) is 10.8. The fourth-order valence-corrected chi connectivity index (χ4v) is 2.86. The molecule has 0 amide bonds. The second kappa shape index (κ2) is 20.2. The molecule has 0 atom stereocenters. The zero-order chi connectivity index (χ0) is 17.7. The van der Waals surface area contributed by atoms with Crippen LogP contribution in [0.2, 0.25) is 0 Å². The number of rotatable bonds is 18. The molecule has 24 heavy (non-hydrogen) atoms. The summed E-state index contributed by atoms with van der Waals surface area (Å²) >= 11 is 0. The van der Waals surface area contributed by atoms with Crippen molar-refractivity contribution in [1.82, 2.24) is 0 Å². The van der Waals surface area contributed by atoms with Crippen LogP contribution in [-0.4, -0.2) is 18.0 Å². The third-order valence-corrected chi connectivity index (χ3v) is 4.32. The van der Waals surface area contributed by atoms with Crippen LogP contribution in [0.4, 0.5) is 4.79 Å². The van der Waals surface area contributed by atoms with Gasteiger partial charge in [0.15, 0.2) is 0 Å². The summed E-state index contributed by atoms with van der Waals surface area (Å²) in [5.74, 6) is 0. The van der Waals surface area contributed by atoms with Gasteiger partial charge in [-0.25, -0.2) is 14.9 Å². The van der Waals surface area contributed by atoms with Crippen molar-refractivity contribution in [2.24, 2.45) is 0 Å². The van der Waals surface area contributed by atoms with Crippen LogP contribution in [0.15, 0.2) is 0 Å². The molecule has 0 aromatic carbocycles. The standard InChI is InChI=1S/C19H38O5/c1-2-3-4-5-6-7-8-9-10-11-12-13-14-15-16-17-18-22-19(20)23-24-21/h21H,2-18H2,1H3. The van der Waals surface area contributed by atoms with Gasteiger partial charge in [-0.2, -0.15) is 0 Å². The van der Waals surface area contributed by atoms with Gasteiger partial charge < -0.3 is 4.74 Å². The highest BCUT2D eigenvalue weighted by molar-refractivity contribution is 5.58. The summed E-state index contributed by atoms with van der Waals surface area (Å²) < 4.78 is 4.66. The molecule has 0 aliphatic rings. The van der Waals surface area contributed by atoms with Gasteiger partial charge in [0.1, 0.15) is 0 Å². The Morgan fingerprint density at radius 3 is 1.42 bits per heavy atom. The molecule has 0 spiro atoms. The van der Waals surface area contributed by atoms with Crippen molar-refractivity contribution in [3.63, 3.8) is 0 Å². The topological polar surface area (TPSA) is 65.0 Å². The van der Waals surface area contributed by atoms with Crippen molar-refractivity contribution in [1.29, 1.82) is 0 Å². The van der Waals surface area contributed by atoms with Gasteiger partial charge in [-0.3, -0.25) is 0 Å². The molecular formula is C19H38O5. The van der Waals surface area contributed by atoms with E-state index in [2.05, 4.69) is 21.6 Å². The molecule has 0 saturated heterocycles. The van der Waals surface area contributed by atoms with Gasteiger partial charge in [0, 0.05) is 0 Å². The Bertz CT molecular complexity index is 258. The fourth-order valence-electron chi connectivity index (χ4n) is 2.86. The molecule has 0 aliphatic heterocycles. The third-order valence-electron chi connectivity index (χ3n) is 4.32. The maximum absolute atomic E-state index is 10.7. The van der Waals surface area contributed by atoms with Gasteiger partial charge in [0.25, 0.3) is 0 Å². The Labute approximate surface area is 147 Å². The molecule has 0 fully saturated rings. The Kier molecular flexibility index (Phi) is 19.6. The van der Waals surface area contributed by atoms with Crippen LogP contribution in [0.5, 0.6) is 0 Å². The minimum atomic E-state index is -1.00. The summed E-state index contributed by atoms with van der Waals surface area (Å²) in [4.78, 5) is 14.4. The highest BCUT2D eigenvalue weighted by atomic mass is 17.5. The molecule has 1 N–H and O–H groups in total. The molecule has 0 aromatic heterocycles. The molecule has 0 aliphatic carbocycles. The van der Waals surface area contributed by atoms with Crippen molar-refractivity contribution >= 4 is 6.16 Å². The number of ether oxygens (including phenoxy) is 1. The zero-order valence-corrected chi connectivity index (χ0v) is 15.6. The van der Waals surface area contributed by atoms with Crippen molar-refractivity contribution in [2.75, 3.05) is 6.61 Å². The summed E-state index contributed by atoms with van der Waals surface area (Å²) in [5.41, 5.74) is 0. The van der Waals surface area contributed by atoms with Crippen LogP contribution in [0.3, 0.4) is 0 Å². The average Bonchev–Trinajstić information content (AvgIpc) is 2.58. The maximum atomic E-state index is 10.7. The Hall–Kier alpha value is -0.810. The highest BCUT2D eigenvalue weighted by Gasteiger charge is 2.03. The predicted molar refractivity (Wildman–Crippen MR) is 95.7 cm³/mol. The number of unbranched alkanes of at least 4 members (excludes halogenated alkanes) is 15. The molecule has 5 heteroatoms. The lowest BCUT2D eigenvalue weighted by atomic mass is 10.0. The van der Waals surface area contributed by atoms with E-state index in [1.807, 2.05) is 0 Å². The molecule has 144 valence electrons. The minimum Gasteiger partial charge on any atom is -0.432 e. The first-order valence-electron chi connectivity index (χ1n) is 9.96. The van der Waals surface area contributed by atoms with Gasteiger partial charge >= 0.3 is 6.16 Å². The summed E-state index contributed by atoms with van der Waals surface area (Å²) in [6.45, 7) is 2.57. The van der Waals surface area contributed by atoms with Gasteiger partial charge in [0.2, 0.25) is 0 Å². The molecule has 5 nitrogen and oxygen atoms in total. The Morgan fingerprint density at radius 1 is 0.667 bits per heavy atom. The number of carbonyl (C=O) groups excluding carboxylic acids is 1. The van der Waals surface area contributed by atoms with E-state index in [4.69, 9.17) is 5.26 Å². The van der Waals surface area contributed by atoms with E-state index in [9.17, 15) is 4.79 Å². The number of hydrogen-bond acceptors (Lipinski definition) is 5. The van der Waals surface area contributed by atoms with Gasteiger partial charge in [-0.1, -0.05) is 103 Å². The average molecular weight is 347 g/mol. The van der Waals surface area contributed by atoms with Crippen molar-refractivity contribution < 1.29 is 24.7 Å². The first-order chi connectivity index (χ1) is 11.8. The molecule has 0 unspecified atom stereocenters. The lowest BCUT2D eigenvalue weighted by Crippen LogP contribution is -2.07. The highest BCUT2D eigenvalue weighted by Crippen LogP contribution is 2.13. The van der Waals surface area contributed by atoms with Gasteiger partial charge in [-0.05, 0) is 11.5 Å². The van der Waals surface area contributed by atoms with E-state index in [0.717, 1.165) is 12.8 Å². The van der Waals surface area contributed by atoms with Gasteiger partial charge in [-0.15, -0.1) is 0 Å². The minimum absolute atomic E-state index is 0.306. The van der Waals surface area contributed by atoms with Crippen molar-refractivity contribution in [3.05, 3.63) is 0 Å². The van der Waals surface area contributed by atoms with Crippen molar-refractivity contribution in [3.8, 4) is 0 Å². The molecule has 0 bridgehead atoms. The molecule has 0 saturated carbocycles. The first kappa shape index (κ1) is 23.2. The first-order valence-corrected chi connectivity index (χ1v) is 9.96. The van der Waals surface area contributed by atoms with Crippen LogP contribution in [0.25, 0.3) is 0 Å². The van der Waals surface area contributed by atoms with Crippen LogP contribution >= 0.6 is 0 Å².